The molecule has 1 aliphatic rings. The molecule has 0 saturated carbocycles. The van der Waals surface area contributed by atoms with Crippen LogP contribution in [0.25, 0.3) is 0 Å². The smallest absolute Gasteiger partial charge is 0.327 e. The van der Waals surface area contributed by atoms with E-state index in [1.807, 2.05) is 0 Å². The lowest BCUT2D eigenvalue weighted by Gasteiger charge is -2.30. The number of carbonyl (C=O) groups is 1. The van der Waals surface area contributed by atoms with Crippen LogP contribution in [0.15, 0.2) is 41.4 Å². The van der Waals surface area contributed by atoms with E-state index in [2.05, 4.69) is 5.10 Å². The predicted molar refractivity (Wildman–Crippen MR) is 95.9 cm³/mol. The molecule has 1 aromatic heterocycles. The Hall–Kier alpha value is -2.19. The number of rotatable bonds is 6. The van der Waals surface area contributed by atoms with Gasteiger partial charge in [0, 0.05) is 18.3 Å². The van der Waals surface area contributed by atoms with Crippen LogP contribution in [0.3, 0.4) is 0 Å². The number of carbonyl (C=O) groups excluding carboxylic acids is 1. The van der Waals surface area contributed by atoms with Gasteiger partial charge in [0.05, 0.1) is 23.7 Å². The summed E-state index contributed by atoms with van der Waals surface area (Å²) in [6.07, 6.45) is 4.00. The molecule has 0 spiro atoms. The molecule has 0 aliphatic heterocycles. The number of benzene rings is 1. The van der Waals surface area contributed by atoms with Crippen LogP contribution in [-0.4, -0.2) is 42.1 Å². The van der Waals surface area contributed by atoms with Crippen molar-refractivity contribution in [3.8, 4) is 0 Å². The van der Waals surface area contributed by atoms with Crippen LogP contribution in [-0.2, 0) is 32.5 Å². The minimum Gasteiger partial charge on any atom is -0.465 e. The molecule has 0 fully saturated rings. The van der Waals surface area contributed by atoms with E-state index in [1.54, 1.807) is 55.2 Å². The highest BCUT2D eigenvalue weighted by atomic mass is 32.2. The van der Waals surface area contributed by atoms with Crippen molar-refractivity contribution in [1.29, 1.82) is 0 Å². The number of hydrogen-bond acceptors (Lipinski definition) is 5. The fourth-order valence-corrected chi connectivity index (χ4v) is 4.75. The summed E-state index contributed by atoms with van der Waals surface area (Å²) in [4.78, 5) is 12.0. The van der Waals surface area contributed by atoms with Crippen molar-refractivity contribution in [2.45, 2.75) is 43.7 Å². The molecule has 1 heterocycles. The van der Waals surface area contributed by atoms with Gasteiger partial charge >= 0.3 is 5.97 Å². The zero-order valence-electron chi connectivity index (χ0n) is 15.0. The van der Waals surface area contributed by atoms with Crippen LogP contribution in [0.5, 0.6) is 0 Å². The van der Waals surface area contributed by atoms with Gasteiger partial charge < -0.3 is 4.74 Å². The number of fused-ring (bicyclic) bond motifs is 1. The van der Waals surface area contributed by atoms with Crippen molar-refractivity contribution in [3.63, 3.8) is 0 Å². The lowest BCUT2D eigenvalue weighted by Crippen LogP contribution is -2.33. The summed E-state index contributed by atoms with van der Waals surface area (Å²) in [6, 6.07) is 8.12. The Bertz CT molecular complexity index is 877. The van der Waals surface area contributed by atoms with Crippen molar-refractivity contribution in [1.82, 2.24) is 14.1 Å². The van der Waals surface area contributed by atoms with Crippen LogP contribution in [0.1, 0.15) is 37.1 Å². The number of aromatic nitrogens is 2. The molecule has 140 valence electrons. The summed E-state index contributed by atoms with van der Waals surface area (Å²) >= 11 is 0. The summed E-state index contributed by atoms with van der Waals surface area (Å²) < 4.78 is 33.9. The second kappa shape index (κ2) is 7.59. The second-order valence-electron chi connectivity index (χ2n) is 6.25. The van der Waals surface area contributed by atoms with Crippen molar-refractivity contribution >= 4 is 16.0 Å². The first kappa shape index (κ1) is 18.6. The standard InChI is InChI=1S/C18H23N3O4S/c1-3-25-18(22)13-21-17-11-7-10-16(15(17)12-19-21)20(2)26(23,24)14-8-5-4-6-9-14/h4-6,8-9,12,16H,3,7,10-11,13H2,1-2H3. The van der Waals surface area contributed by atoms with Crippen LogP contribution in [0.4, 0.5) is 0 Å². The molecule has 7 nitrogen and oxygen atoms in total. The summed E-state index contributed by atoms with van der Waals surface area (Å²) in [6.45, 7) is 2.13. The molecule has 1 aromatic carbocycles. The van der Waals surface area contributed by atoms with E-state index in [0.29, 0.717) is 6.61 Å². The molecule has 2 aromatic rings. The number of hydrogen-bond donors (Lipinski definition) is 0. The van der Waals surface area contributed by atoms with Gasteiger partial charge in [-0.15, -0.1) is 0 Å². The minimum atomic E-state index is -3.60. The molecule has 0 N–H and O–H groups in total. The maximum atomic E-state index is 12.9. The summed E-state index contributed by atoms with van der Waals surface area (Å²) in [5.74, 6) is -0.342. The first-order valence-corrected chi connectivity index (χ1v) is 10.1. The average molecular weight is 377 g/mol. The van der Waals surface area contributed by atoms with E-state index in [4.69, 9.17) is 4.74 Å². The third kappa shape index (κ3) is 3.52. The Morgan fingerprint density at radius 3 is 2.77 bits per heavy atom. The molecule has 1 atom stereocenters. The number of ether oxygens (including phenoxy) is 1. The van der Waals surface area contributed by atoms with Crippen LogP contribution in [0, 0.1) is 0 Å². The molecule has 1 aliphatic carbocycles. The number of sulfonamides is 1. The van der Waals surface area contributed by atoms with Gasteiger partial charge in [0.15, 0.2) is 0 Å². The molecular formula is C18H23N3O4S. The fraction of sp³-hybridized carbons (Fsp3) is 0.444. The van der Waals surface area contributed by atoms with Crippen LogP contribution < -0.4 is 0 Å². The van der Waals surface area contributed by atoms with Crippen molar-refractivity contribution in [2.24, 2.45) is 0 Å². The zero-order valence-corrected chi connectivity index (χ0v) is 15.8. The summed E-state index contributed by atoms with van der Waals surface area (Å²) in [5, 5.41) is 4.30. The summed E-state index contributed by atoms with van der Waals surface area (Å²) in [5.41, 5.74) is 1.77. The fourth-order valence-electron chi connectivity index (χ4n) is 3.36. The molecular weight excluding hydrogens is 354 g/mol. The monoisotopic (exact) mass is 377 g/mol. The molecule has 3 rings (SSSR count). The lowest BCUT2D eigenvalue weighted by atomic mass is 9.93. The topological polar surface area (TPSA) is 81.5 Å². The Kier molecular flexibility index (Phi) is 5.43. The lowest BCUT2D eigenvalue weighted by molar-refractivity contribution is -0.144. The van der Waals surface area contributed by atoms with E-state index in [0.717, 1.165) is 30.5 Å². The Labute approximate surface area is 153 Å². The van der Waals surface area contributed by atoms with Gasteiger partial charge in [-0.3, -0.25) is 9.48 Å². The second-order valence-corrected chi connectivity index (χ2v) is 8.25. The Morgan fingerprint density at radius 2 is 2.08 bits per heavy atom. The van der Waals surface area contributed by atoms with E-state index >= 15 is 0 Å². The molecule has 1 unspecified atom stereocenters. The highest BCUT2D eigenvalue weighted by molar-refractivity contribution is 7.89. The molecule has 0 saturated heterocycles. The van der Waals surface area contributed by atoms with Gasteiger partial charge in [-0.25, -0.2) is 8.42 Å². The minimum absolute atomic E-state index is 0.0467. The van der Waals surface area contributed by atoms with E-state index in [-0.39, 0.29) is 23.5 Å². The normalized spacial score (nSPS) is 17.1. The van der Waals surface area contributed by atoms with Gasteiger partial charge in [0.25, 0.3) is 0 Å². The third-order valence-corrected chi connectivity index (χ3v) is 6.56. The maximum Gasteiger partial charge on any atom is 0.327 e. The van der Waals surface area contributed by atoms with E-state index in [9.17, 15) is 13.2 Å². The quantitative estimate of drug-likeness (QED) is 0.721. The van der Waals surface area contributed by atoms with Gasteiger partial charge in [-0.2, -0.15) is 9.40 Å². The first-order chi connectivity index (χ1) is 12.4. The highest BCUT2D eigenvalue weighted by Gasteiger charge is 2.34. The Morgan fingerprint density at radius 1 is 1.35 bits per heavy atom. The molecule has 0 amide bonds. The van der Waals surface area contributed by atoms with Crippen LogP contribution >= 0.6 is 0 Å². The van der Waals surface area contributed by atoms with E-state index in [1.165, 1.54) is 4.31 Å². The van der Waals surface area contributed by atoms with E-state index < -0.39 is 10.0 Å². The van der Waals surface area contributed by atoms with Gasteiger partial charge in [-0.05, 0) is 38.3 Å². The molecule has 0 bridgehead atoms. The SMILES string of the molecule is CCOC(=O)Cn1ncc2c1CCCC2N(C)S(=O)(=O)c1ccccc1. The highest BCUT2D eigenvalue weighted by Crippen LogP contribution is 2.36. The van der Waals surface area contributed by atoms with Crippen LogP contribution in [0.2, 0.25) is 0 Å². The summed E-state index contributed by atoms with van der Waals surface area (Å²) in [7, 11) is -2.00. The van der Waals surface area contributed by atoms with Crippen molar-refractivity contribution < 1.29 is 17.9 Å². The van der Waals surface area contributed by atoms with Crippen molar-refractivity contribution in [3.05, 3.63) is 47.8 Å². The molecule has 26 heavy (non-hydrogen) atoms. The largest absolute Gasteiger partial charge is 0.465 e. The third-order valence-electron chi connectivity index (χ3n) is 4.67. The molecule has 0 radical (unpaired) electrons. The predicted octanol–water partition coefficient (Wildman–Crippen LogP) is 2.14. The Balaban J connectivity index is 1.88. The van der Waals surface area contributed by atoms with Gasteiger partial charge in [0.1, 0.15) is 6.54 Å². The number of nitrogens with zero attached hydrogens (tertiary/aromatic N) is 3. The van der Waals surface area contributed by atoms with Gasteiger partial charge in [0.2, 0.25) is 10.0 Å². The maximum absolute atomic E-state index is 12.9. The average Bonchev–Trinajstić information content (AvgIpc) is 3.05. The first-order valence-electron chi connectivity index (χ1n) is 8.68. The van der Waals surface area contributed by atoms with Crippen molar-refractivity contribution in [2.75, 3.05) is 13.7 Å². The number of esters is 1. The van der Waals surface area contributed by atoms with Gasteiger partial charge in [-0.1, -0.05) is 18.2 Å². The zero-order chi connectivity index (χ0) is 18.7. The molecule has 8 heteroatoms.